The average Bonchev–Trinajstić information content (AvgIpc) is 2.60. The molecule has 1 saturated heterocycles. The molecule has 1 heterocycles. The van der Waals surface area contributed by atoms with E-state index >= 15 is 0 Å². The summed E-state index contributed by atoms with van der Waals surface area (Å²) in [5.41, 5.74) is 0. The largest absolute Gasteiger partial charge is 0.394 e. The number of nitrogens with one attached hydrogen (secondary N) is 1. The molecule has 0 saturated carbocycles. The smallest absolute Gasteiger partial charge is 0.262 e. The molecule has 3 rings (SSSR count). The van der Waals surface area contributed by atoms with E-state index in [9.17, 15) is 9.90 Å². The Balaban J connectivity index is 2.17. The van der Waals surface area contributed by atoms with Crippen LogP contribution < -0.4 is 15.7 Å². The Morgan fingerprint density at radius 2 is 1.48 bits per heavy atom. The van der Waals surface area contributed by atoms with E-state index in [0.29, 0.717) is 0 Å². The van der Waals surface area contributed by atoms with Crippen molar-refractivity contribution in [2.75, 3.05) is 6.61 Å². The molecule has 0 bridgehead atoms. The molecule has 0 spiro atoms. The van der Waals surface area contributed by atoms with E-state index in [4.69, 9.17) is 4.43 Å². The fourth-order valence-corrected chi connectivity index (χ4v) is 8.25. The van der Waals surface area contributed by atoms with Crippen molar-refractivity contribution in [1.29, 1.82) is 0 Å². The zero-order chi connectivity index (χ0) is 18.1. The highest BCUT2D eigenvalue weighted by Gasteiger charge is 2.55. The number of hydrogen-bond donors (Lipinski definition) is 2. The number of benzene rings is 2. The van der Waals surface area contributed by atoms with Gasteiger partial charge in [-0.3, -0.25) is 4.79 Å². The average molecular weight is 356 g/mol. The van der Waals surface area contributed by atoms with Crippen molar-refractivity contribution in [1.82, 2.24) is 5.32 Å². The molecule has 0 aliphatic carbocycles. The summed E-state index contributed by atoms with van der Waals surface area (Å²) < 4.78 is 6.69. The van der Waals surface area contributed by atoms with Gasteiger partial charge in [-0.2, -0.15) is 0 Å². The van der Waals surface area contributed by atoms with Crippen molar-refractivity contribution in [3.63, 3.8) is 0 Å². The van der Waals surface area contributed by atoms with E-state index in [1.165, 1.54) is 0 Å². The van der Waals surface area contributed by atoms with Crippen LogP contribution in [0.3, 0.4) is 0 Å². The second-order valence-electron chi connectivity index (χ2n) is 7.50. The van der Waals surface area contributed by atoms with E-state index in [-0.39, 0.29) is 23.6 Å². The number of carbonyl (C=O) groups is 1. The summed E-state index contributed by atoms with van der Waals surface area (Å²) in [5.74, 6) is -0.146. The van der Waals surface area contributed by atoms with Gasteiger partial charge in [0.25, 0.3) is 14.2 Å². The third-order valence-electron chi connectivity index (χ3n) is 4.87. The summed E-state index contributed by atoms with van der Waals surface area (Å²) in [6.45, 7) is 6.39. The van der Waals surface area contributed by atoms with Gasteiger partial charge in [0, 0.05) is 0 Å². The molecule has 4 nitrogen and oxygen atoms in total. The molecule has 0 aromatic heterocycles. The van der Waals surface area contributed by atoms with Crippen LogP contribution in [0.2, 0.25) is 5.04 Å². The Hall–Kier alpha value is -1.95. The van der Waals surface area contributed by atoms with Gasteiger partial charge < -0.3 is 14.8 Å². The van der Waals surface area contributed by atoms with E-state index in [1.54, 1.807) is 0 Å². The van der Waals surface area contributed by atoms with Gasteiger partial charge in [0.15, 0.2) is 0 Å². The first-order chi connectivity index (χ1) is 11.9. The van der Waals surface area contributed by atoms with E-state index < -0.39 is 14.4 Å². The third kappa shape index (κ3) is 3.03. The lowest BCUT2D eigenvalue weighted by Crippen LogP contribution is -2.74. The van der Waals surface area contributed by atoms with Gasteiger partial charge in [-0.1, -0.05) is 81.4 Å². The number of carbonyl (C=O) groups excluding carboxylic acids is 1. The van der Waals surface area contributed by atoms with Gasteiger partial charge in [0.05, 0.1) is 12.6 Å². The van der Waals surface area contributed by atoms with Crippen molar-refractivity contribution in [3.8, 4) is 0 Å². The maximum Gasteiger partial charge on any atom is 0.262 e. The number of aliphatic hydroxyl groups is 1. The van der Waals surface area contributed by atoms with Crippen LogP contribution in [-0.2, 0) is 9.22 Å². The molecule has 1 amide bonds. The first-order valence-corrected chi connectivity index (χ1v) is 10.5. The van der Waals surface area contributed by atoms with Crippen LogP contribution in [0, 0.1) is 0 Å². The van der Waals surface area contributed by atoms with Crippen molar-refractivity contribution < 1.29 is 14.3 Å². The van der Waals surface area contributed by atoms with Crippen LogP contribution in [0.5, 0.6) is 0 Å². The summed E-state index contributed by atoms with van der Waals surface area (Å²) in [4.78, 5) is 12.1. The molecule has 2 atom stereocenters. The maximum atomic E-state index is 12.1. The van der Waals surface area contributed by atoms with Gasteiger partial charge in [0.1, 0.15) is 6.10 Å². The number of rotatable bonds is 5. The summed E-state index contributed by atoms with van der Waals surface area (Å²) in [6, 6.07) is 20.1. The number of aliphatic hydroxyl groups excluding tert-OH is 1. The SMILES string of the molecule is CC(C)(C)[Si](O[C@@H]1C(=O)N[C@H]1CO)(c1ccccc1)c1ccccc1. The van der Waals surface area contributed by atoms with Crippen molar-refractivity contribution >= 4 is 24.6 Å². The van der Waals surface area contributed by atoms with Gasteiger partial charge in [0.2, 0.25) is 0 Å². The molecular weight excluding hydrogens is 330 g/mol. The normalized spacial score (nSPS) is 20.7. The van der Waals surface area contributed by atoms with Crippen molar-refractivity contribution in [2.45, 2.75) is 38.0 Å². The van der Waals surface area contributed by atoms with Crippen molar-refractivity contribution in [2.24, 2.45) is 0 Å². The standard InChI is InChI=1S/C20H25NO3Si/c1-20(2,3)25(15-10-6-4-7-11-15,16-12-8-5-9-13-16)24-18-17(14-22)21-19(18)23/h4-13,17-18,22H,14H2,1-3H3,(H,21,23)/t17-,18-/m0/s1. The van der Waals surface area contributed by atoms with Gasteiger partial charge in [-0.15, -0.1) is 0 Å². The first-order valence-electron chi connectivity index (χ1n) is 8.60. The van der Waals surface area contributed by atoms with Crippen LogP contribution in [0.15, 0.2) is 60.7 Å². The topological polar surface area (TPSA) is 58.6 Å². The first kappa shape index (κ1) is 17.9. The molecule has 5 heteroatoms. The molecule has 132 valence electrons. The monoisotopic (exact) mass is 355 g/mol. The van der Waals surface area contributed by atoms with Gasteiger partial charge >= 0.3 is 0 Å². The lowest BCUT2D eigenvalue weighted by Gasteiger charge is -2.48. The van der Waals surface area contributed by atoms with Crippen LogP contribution in [0.1, 0.15) is 20.8 Å². The van der Waals surface area contributed by atoms with E-state index in [0.717, 1.165) is 10.4 Å². The predicted octanol–water partition coefficient (Wildman–Crippen LogP) is 1.42. The minimum atomic E-state index is -2.75. The molecule has 25 heavy (non-hydrogen) atoms. The lowest BCUT2D eigenvalue weighted by atomic mass is 10.0. The fraction of sp³-hybridized carbons (Fsp3) is 0.350. The Labute approximate surface area is 150 Å². The number of β-lactam (4-membered cyclic amide) rings is 1. The van der Waals surface area contributed by atoms with Gasteiger partial charge in [-0.05, 0) is 15.4 Å². The Kier molecular flexibility index (Phi) is 4.82. The van der Waals surface area contributed by atoms with E-state index in [1.807, 2.05) is 36.4 Å². The highest BCUT2D eigenvalue weighted by atomic mass is 28.4. The lowest BCUT2D eigenvalue weighted by molar-refractivity contribution is -0.142. The molecular formula is C20H25NO3Si. The Morgan fingerprint density at radius 1 is 1.00 bits per heavy atom. The molecule has 1 aliphatic heterocycles. The van der Waals surface area contributed by atoms with Crippen molar-refractivity contribution in [3.05, 3.63) is 60.7 Å². The second-order valence-corrected chi connectivity index (χ2v) is 11.8. The molecule has 2 N–H and O–H groups in total. The Morgan fingerprint density at radius 3 is 1.84 bits per heavy atom. The fourth-order valence-electron chi connectivity index (χ4n) is 3.59. The third-order valence-corrected chi connectivity index (χ3v) is 9.88. The van der Waals surface area contributed by atoms with Crippen LogP contribution >= 0.6 is 0 Å². The summed E-state index contributed by atoms with van der Waals surface area (Å²) in [6.07, 6.45) is -0.615. The number of amides is 1. The minimum absolute atomic E-state index is 0.116. The summed E-state index contributed by atoms with van der Waals surface area (Å²) >= 11 is 0. The quantitative estimate of drug-likeness (QED) is 0.630. The maximum absolute atomic E-state index is 12.1. The summed E-state index contributed by atoms with van der Waals surface area (Å²) in [5, 5.41) is 14.3. The highest BCUT2D eigenvalue weighted by Crippen LogP contribution is 2.38. The number of hydrogen-bond acceptors (Lipinski definition) is 3. The van der Waals surface area contributed by atoms with Crippen LogP contribution in [-0.4, -0.2) is 38.1 Å². The molecule has 2 aromatic rings. The zero-order valence-corrected chi connectivity index (χ0v) is 15.9. The van der Waals surface area contributed by atoms with Gasteiger partial charge in [-0.25, -0.2) is 0 Å². The van der Waals surface area contributed by atoms with Crippen LogP contribution in [0.25, 0.3) is 0 Å². The second kappa shape index (κ2) is 6.75. The minimum Gasteiger partial charge on any atom is -0.394 e. The molecule has 0 radical (unpaired) electrons. The molecule has 0 unspecified atom stereocenters. The highest BCUT2D eigenvalue weighted by molar-refractivity contribution is 6.99. The zero-order valence-electron chi connectivity index (χ0n) is 14.9. The molecule has 1 fully saturated rings. The molecule has 1 aliphatic rings. The van der Waals surface area contributed by atoms with E-state index in [2.05, 4.69) is 50.4 Å². The summed E-state index contributed by atoms with van der Waals surface area (Å²) in [7, 11) is -2.75. The van der Waals surface area contributed by atoms with Crippen LogP contribution in [0.4, 0.5) is 0 Å². The predicted molar refractivity (Wildman–Crippen MR) is 102 cm³/mol. The molecule has 2 aromatic carbocycles. The Bertz CT molecular complexity index is 688.